The Morgan fingerprint density at radius 3 is 2.70 bits per heavy atom. The van der Waals surface area contributed by atoms with Gasteiger partial charge in [0.1, 0.15) is 6.10 Å². The van der Waals surface area contributed by atoms with Crippen molar-refractivity contribution in [2.24, 2.45) is 0 Å². The lowest BCUT2D eigenvalue weighted by atomic mass is 9.97. The molecule has 2 aromatic carbocycles. The molecule has 0 radical (unpaired) electrons. The maximum Gasteiger partial charge on any atom is 0.184 e. The molecule has 170 valence electrons. The van der Waals surface area contributed by atoms with Crippen molar-refractivity contribution in [2.45, 2.75) is 31.4 Å². The molecular formula is C25H24Cl2N4OS. The molecule has 8 heteroatoms. The lowest BCUT2D eigenvalue weighted by Crippen LogP contribution is -2.32. The van der Waals surface area contributed by atoms with Crippen LogP contribution in [0, 0.1) is 0 Å². The standard InChI is InChI=1S/C25H24Cl2N4OS/c1-30-12-9-16(10-13-30)31-25(23-21(27)20-18(26)7-4-8-19(20)33-23)28-24(29-31)22-17-6-3-2-5-15(17)11-14-32-22/h2-8,16,22H,9-14H2,1H3. The van der Waals surface area contributed by atoms with Crippen LogP contribution < -0.4 is 0 Å². The van der Waals surface area contributed by atoms with Crippen LogP contribution in [0.25, 0.3) is 20.8 Å². The van der Waals surface area contributed by atoms with Gasteiger partial charge in [-0.2, -0.15) is 5.10 Å². The van der Waals surface area contributed by atoms with E-state index in [4.69, 9.17) is 38.0 Å². The largest absolute Gasteiger partial charge is 0.365 e. The summed E-state index contributed by atoms with van der Waals surface area (Å²) < 4.78 is 9.37. The minimum atomic E-state index is -0.266. The molecule has 0 aliphatic carbocycles. The number of benzene rings is 2. The Hall–Kier alpha value is -1.96. The second-order valence-corrected chi connectivity index (χ2v) is 10.7. The Morgan fingerprint density at radius 2 is 1.88 bits per heavy atom. The van der Waals surface area contributed by atoms with E-state index in [1.54, 1.807) is 11.3 Å². The van der Waals surface area contributed by atoms with Gasteiger partial charge in [-0.05, 0) is 62.7 Å². The average molecular weight is 499 g/mol. The Morgan fingerprint density at radius 1 is 1.06 bits per heavy atom. The normalized spacial score (nSPS) is 19.8. The second-order valence-electron chi connectivity index (χ2n) is 8.83. The van der Waals surface area contributed by atoms with Crippen LogP contribution in [0.1, 0.15) is 41.9 Å². The van der Waals surface area contributed by atoms with Crippen LogP contribution in [0.4, 0.5) is 0 Å². The van der Waals surface area contributed by atoms with Crippen molar-refractivity contribution in [3.63, 3.8) is 0 Å². The fraction of sp³-hybridized carbons (Fsp3) is 0.360. The van der Waals surface area contributed by atoms with Gasteiger partial charge >= 0.3 is 0 Å². The van der Waals surface area contributed by atoms with Gasteiger partial charge in [0, 0.05) is 10.1 Å². The van der Waals surface area contributed by atoms with Crippen molar-refractivity contribution in [3.05, 3.63) is 69.5 Å². The smallest absolute Gasteiger partial charge is 0.184 e. The quantitative estimate of drug-likeness (QED) is 0.327. The Bertz CT molecular complexity index is 1330. The van der Waals surface area contributed by atoms with E-state index in [0.29, 0.717) is 22.5 Å². The summed E-state index contributed by atoms with van der Waals surface area (Å²) in [5, 5.41) is 7.27. The number of nitrogens with zero attached hydrogens (tertiary/aromatic N) is 4. The number of hydrogen-bond acceptors (Lipinski definition) is 5. The summed E-state index contributed by atoms with van der Waals surface area (Å²) in [5.41, 5.74) is 2.46. The predicted molar refractivity (Wildman–Crippen MR) is 135 cm³/mol. The molecule has 2 aromatic heterocycles. The van der Waals surface area contributed by atoms with Crippen molar-refractivity contribution >= 4 is 44.6 Å². The van der Waals surface area contributed by atoms with Crippen LogP contribution in [0.2, 0.25) is 10.0 Å². The number of likely N-dealkylation sites (tertiary alicyclic amines) is 1. The van der Waals surface area contributed by atoms with E-state index >= 15 is 0 Å². The first kappa shape index (κ1) is 21.6. The van der Waals surface area contributed by atoms with Crippen LogP contribution in [0.15, 0.2) is 42.5 Å². The lowest BCUT2D eigenvalue weighted by molar-refractivity contribution is 0.0636. The van der Waals surface area contributed by atoms with Crippen LogP contribution in [-0.2, 0) is 11.2 Å². The van der Waals surface area contributed by atoms with E-state index in [1.165, 1.54) is 5.56 Å². The zero-order valence-corrected chi connectivity index (χ0v) is 20.6. The molecule has 2 aliphatic rings. The van der Waals surface area contributed by atoms with Gasteiger partial charge in [0.15, 0.2) is 11.6 Å². The number of halogens is 2. The number of rotatable bonds is 3. The molecular weight excluding hydrogens is 475 g/mol. The van der Waals surface area contributed by atoms with E-state index in [0.717, 1.165) is 58.7 Å². The van der Waals surface area contributed by atoms with Gasteiger partial charge in [0.25, 0.3) is 0 Å². The van der Waals surface area contributed by atoms with Crippen molar-refractivity contribution in [2.75, 3.05) is 26.7 Å². The Labute approximate surface area is 206 Å². The van der Waals surface area contributed by atoms with E-state index in [1.807, 2.05) is 12.1 Å². The minimum Gasteiger partial charge on any atom is -0.365 e. The minimum absolute atomic E-state index is 0.266. The molecule has 4 aromatic rings. The van der Waals surface area contributed by atoms with Gasteiger partial charge < -0.3 is 9.64 Å². The summed E-state index contributed by atoms with van der Waals surface area (Å²) in [5.74, 6) is 1.52. The summed E-state index contributed by atoms with van der Waals surface area (Å²) in [6.07, 6.45) is 2.70. The molecule has 0 spiro atoms. The van der Waals surface area contributed by atoms with E-state index < -0.39 is 0 Å². The summed E-state index contributed by atoms with van der Waals surface area (Å²) in [6.45, 7) is 2.74. The van der Waals surface area contributed by atoms with Crippen molar-refractivity contribution in [1.82, 2.24) is 19.7 Å². The SMILES string of the molecule is CN1CCC(n2nc(C3OCCc4ccccc43)nc2-c2sc3cccc(Cl)c3c2Cl)CC1. The number of hydrogen-bond donors (Lipinski definition) is 0. The molecule has 1 unspecified atom stereocenters. The van der Waals surface area contributed by atoms with Gasteiger partial charge in [0.2, 0.25) is 0 Å². The maximum atomic E-state index is 6.91. The van der Waals surface area contributed by atoms with Gasteiger partial charge in [-0.3, -0.25) is 0 Å². The summed E-state index contributed by atoms with van der Waals surface area (Å²) in [6, 6.07) is 14.6. The van der Waals surface area contributed by atoms with E-state index in [-0.39, 0.29) is 12.1 Å². The van der Waals surface area contributed by atoms with Crippen molar-refractivity contribution in [1.29, 1.82) is 0 Å². The van der Waals surface area contributed by atoms with Crippen LogP contribution in [-0.4, -0.2) is 46.4 Å². The highest BCUT2D eigenvalue weighted by molar-refractivity contribution is 7.23. The van der Waals surface area contributed by atoms with Crippen molar-refractivity contribution < 1.29 is 4.74 Å². The number of fused-ring (bicyclic) bond motifs is 2. The lowest BCUT2D eigenvalue weighted by Gasteiger charge is -2.29. The highest BCUT2D eigenvalue weighted by Crippen LogP contribution is 2.45. The molecule has 1 saturated heterocycles. The zero-order chi connectivity index (χ0) is 22.5. The highest BCUT2D eigenvalue weighted by atomic mass is 35.5. The first-order valence-electron chi connectivity index (χ1n) is 11.3. The molecule has 0 amide bonds. The third-order valence-corrected chi connectivity index (χ3v) is 8.67. The third kappa shape index (κ3) is 3.78. The van der Waals surface area contributed by atoms with E-state index in [2.05, 4.69) is 47.0 Å². The number of ether oxygens (including phenoxy) is 1. The van der Waals surface area contributed by atoms with Crippen molar-refractivity contribution in [3.8, 4) is 10.7 Å². The monoisotopic (exact) mass is 498 g/mol. The first-order valence-corrected chi connectivity index (χ1v) is 12.9. The van der Waals surface area contributed by atoms with Crippen LogP contribution in [0.5, 0.6) is 0 Å². The molecule has 33 heavy (non-hydrogen) atoms. The van der Waals surface area contributed by atoms with Gasteiger partial charge in [-0.15, -0.1) is 11.3 Å². The topological polar surface area (TPSA) is 43.2 Å². The Kier molecular flexibility index (Phi) is 5.67. The molecule has 5 nitrogen and oxygen atoms in total. The number of aromatic nitrogens is 3. The summed E-state index contributed by atoms with van der Waals surface area (Å²) in [4.78, 5) is 8.36. The fourth-order valence-electron chi connectivity index (χ4n) is 4.92. The molecule has 4 heterocycles. The zero-order valence-electron chi connectivity index (χ0n) is 18.3. The fourth-order valence-corrected chi connectivity index (χ4v) is 6.86. The number of thiophene rings is 1. The molecule has 6 rings (SSSR count). The predicted octanol–water partition coefficient (Wildman–Crippen LogP) is 6.40. The summed E-state index contributed by atoms with van der Waals surface area (Å²) >= 11 is 15.0. The highest BCUT2D eigenvalue weighted by Gasteiger charge is 2.31. The molecule has 0 bridgehead atoms. The maximum absolute atomic E-state index is 6.91. The summed E-state index contributed by atoms with van der Waals surface area (Å²) in [7, 11) is 2.17. The van der Waals surface area contributed by atoms with Crippen LogP contribution >= 0.6 is 34.5 Å². The van der Waals surface area contributed by atoms with E-state index in [9.17, 15) is 0 Å². The molecule has 2 aliphatic heterocycles. The first-order chi connectivity index (χ1) is 16.1. The molecule has 1 atom stereocenters. The van der Waals surface area contributed by atoms with Gasteiger partial charge in [-0.1, -0.05) is 53.5 Å². The molecule has 1 fully saturated rings. The Balaban J connectivity index is 1.50. The average Bonchev–Trinajstić information content (AvgIpc) is 3.41. The third-order valence-electron chi connectivity index (χ3n) is 6.72. The molecule has 0 N–H and O–H groups in total. The van der Waals surface area contributed by atoms with Gasteiger partial charge in [0.05, 0.1) is 27.6 Å². The van der Waals surface area contributed by atoms with Gasteiger partial charge in [-0.25, -0.2) is 9.67 Å². The molecule has 0 saturated carbocycles. The second kappa shape index (κ2) is 8.67. The van der Waals surface area contributed by atoms with Crippen LogP contribution in [0.3, 0.4) is 0 Å². The number of piperidine rings is 1.